The topological polar surface area (TPSA) is 34.1 Å². The maximum atomic E-state index is 11.6. The van der Waals surface area contributed by atoms with Gasteiger partial charge in [0.05, 0.1) is 0 Å². The molecule has 3 heteroatoms. The van der Waals surface area contributed by atoms with E-state index in [9.17, 15) is 9.59 Å². The number of carbonyl (C=O) groups excluding carboxylic acids is 2. The van der Waals surface area contributed by atoms with Crippen LogP contribution < -0.4 is 0 Å². The van der Waals surface area contributed by atoms with Gasteiger partial charge in [-0.3, -0.25) is 9.59 Å². The van der Waals surface area contributed by atoms with Gasteiger partial charge in [0, 0.05) is 18.8 Å². The summed E-state index contributed by atoms with van der Waals surface area (Å²) in [5, 5.41) is -0.317. The van der Waals surface area contributed by atoms with Crippen LogP contribution in [-0.2, 0) is 9.59 Å². The smallest absolute Gasteiger partial charge is 0.221 e. The van der Waals surface area contributed by atoms with Gasteiger partial charge in [-0.1, -0.05) is 25.5 Å². The van der Waals surface area contributed by atoms with Gasteiger partial charge in [0.2, 0.25) is 5.24 Å². The van der Waals surface area contributed by atoms with Gasteiger partial charge in [-0.2, -0.15) is 0 Å². The van der Waals surface area contributed by atoms with Gasteiger partial charge in [0.15, 0.2) is 0 Å². The summed E-state index contributed by atoms with van der Waals surface area (Å²) in [6.07, 6.45) is 8.92. The average molecular weight is 243 g/mol. The van der Waals surface area contributed by atoms with E-state index in [2.05, 4.69) is 19.1 Å². The molecule has 0 bridgehead atoms. The molecule has 0 saturated heterocycles. The van der Waals surface area contributed by atoms with Crippen LogP contribution in [0.25, 0.3) is 0 Å². The summed E-state index contributed by atoms with van der Waals surface area (Å²) in [6.45, 7) is 2.13. The SMILES string of the molecule is CCCC=CCC1C(=O)CCC1CC(=O)Cl. The number of Topliss-reactive ketones (excluding diaryl/α,β-unsaturated/α-hetero) is 1. The van der Waals surface area contributed by atoms with Crippen LogP contribution >= 0.6 is 11.6 Å². The molecule has 0 radical (unpaired) electrons. The van der Waals surface area contributed by atoms with E-state index in [-0.39, 0.29) is 17.1 Å². The number of halogens is 1. The van der Waals surface area contributed by atoms with Crippen molar-refractivity contribution >= 4 is 22.6 Å². The predicted molar refractivity (Wildman–Crippen MR) is 65.4 cm³/mol. The molecule has 2 atom stereocenters. The molecule has 1 saturated carbocycles. The zero-order valence-electron chi connectivity index (χ0n) is 9.75. The first-order valence-corrected chi connectivity index (χ1v) is 6.39. The molecule has 0 N–H and O–H groups in total. The summed E-state index contributed by atoms with van der Waals surface area (Å²) in [6, 6.07) is 0. The fraction of sp³-hybridized carbons (Fsp3) is 0.692. The monoisotopic (exact) mass is 242 g/mol. The summed E-state index contributed by atoms with van der Waals surface area (Å²) >= 11 is 5.39. The van der Waals surface area contributed by atoms with E-state index >= 15 is 0 Å². The highest BCUT2D eigenvalue weighted by molar-refractivity contribution is 6.63. The minimum Gasteiger partial charge on any atom is -0.299 e. The average Bonchev–Trinajstić information content (AvgIpc) is 2.55. The normalized spacial score (nSPS) is 25.5. The molecule has 0 amide bonds. The van der Waals surface area contributed by atoms with Gasteiger partial charge in [0.1, 0.15) is 5.78 Å². The zero-order chi connectivity index (χ0) is 12.0. The first kappa shape index (κ1) is 13.4. The number of carbonyl (C=O) groups is 2. The molecular formula is C13H19ClO2. The van der Waals surface area contributed by atoms with Crippen LogP contribution in [0.5, 0.6) is 0 Å². The van der Waals surface area contributed by atoms with Crippen molar-refractivity contribution < 1.29 is 9.59 Å². The molecule has 2 nitrogen and oxygen atoms in total. The maximum Gasteiger partial charge on any atom is 0.221 e. The van der Waals surface area contributed by atoms with E-state index in [1.54, 1.807) is 0 Å². The van der Waals surface area contributed by atoms with Crippen LogP contribution in [0.4, 0.5) is 0 Å². The van der Waals surface area contributed by atoms with Crippen LogP contribution in [0.1, 0.15) is 45.4 Å². The fourth-order valence-corrected chi connectivity index (χ4v) is 2.48. The Morgan fingerprint density at radius 1 is 1.50 bits per heavy atom. The molecule has 0 aliphatic heterocycles. The summed E-state index contributed by atoms with van der Waals surface area (Å²) in [5.74, 6) is 0.489. The Bertz CT molecular complexity index is 284. The molecule has 90 valence electrons. The first-order chi connectivity index (χ1) is 7.65. The Balaban J connectivity index is 2.46. The Kier molecular flexibility index (Phi) is 5.75. The third-order valence-corrected chi connectivity index (χ3v) is 3.33. The minimum atomic E-state index is -0.317. The maximum absolute atomic E-state index is 11.6. The number of rotatable bonds is 6. The van der Waals surface area contributed by atoms with E-state index in [0.29, 0.717) is 18.6 Å². The lowest BCUT2D eigenvalue weighted by atomic mass is 9.90. The standard InChI is InChI=1S/C13H19ClO2/c1-2-3-4-5-6-11-10(9-13(14)16)7-8-12(11)15/h4-5,10-11H,2-3,6-9H2,1H3. The molecule has 0 aromatic carbocycles. The quantitative estimate of drug-likeness (QED) is 0.528. The lowest BCUT2D eigenvalue weighted by Gasteiger charge is -2.14. The summed E-state index contributed by atoms with van der Waals surface area (Å²) in [5.41, 5.74) is 0. The highest BCUT2D eigenvalue weighted by atomic mass is 35.5. The number of unbranched alkanes of at least 4 members (excludes halogenated alkanes) is 1. The Morgan fingerprint density at radius 3 is 2.88 bits per heavy atom. The summed E-state index contributed by atoms with van der Waals surface area (Å²) < 4.78 is 0. The van der Waals surface area contributed by atoms with Crippen molar-refractivity contribution in [2.45, 2.75) is 45.4 Å². The number of hydrogen-bond acceptors (Lipinski definition) is 2. The minimum absolute atomic E-state index is 0.0239. The Labute approximate surface area is 102 Å². The van der Waals surface area contributed by atoms with Crippen molar-refractivity contribution in [3.8, 4) is 0 Å². The van der Waals surface area contributed by atoms with Gasteiger partial charge in [-0.25, -0.2) is 0 Å². The van der Waals surface area contributed by atoms with Crippen molar-refractivity contribution in [3.05, 3.63) is 12.2 Å². The lowest BCUT2D eigenvalue weighted by Crippen LogP contribution is -2.15. The second kappa shape index (κ2) is 6.85. The van der Waals surface area contributed by atoms with Gasteiger partial charge in [-0.05, 0) is 36.8 Å². The van der Waals surface area contributed by atoms with Crippen LogP contribution in [0.2, 0.25) is 0 Å². The molecule has 16 heavy (non-hydrogen) atoms. The molecule has 0 spiro atoms. The zero-order valence-corrected chi connectivity index (χ0v) is 10.5. The van der Waals surface area contributed by atoms with Crippen LogP contribution in [0.3, 0.4) is 0 Å². The third kappa shape index (κ3) is 4.09. The largest absolute Gasteiger partial charge is 0.299 e. The molecule has 2 unspecified atom stereocenters. The van der Waals surface area contributed by atoms with E-state index in [0.717, 1.165) is 25.7 Å². The molecule has 0 heterocycles. The predicted octanol–water partition coefficient (Wildman–Crippen LogP) is 3.48. The highest BCUT2D eigenvalue weighted by Crippen LogP contribution is 2.34. The van der Waals surface area contributed by atoms with Crippen molar-refractivity contribution in [2.75, 3.05) is 0 Å². The van der Waals surface area contributed by atoms with Crippen LogP contribution in [-0.4, -0.2) is 11.0 Å². The molecule has 1 fully saturated rings. The number of ketones is 1. The molecule has 1 aliphatic rings. The molecule has 0 aromatic heterocycles. The Hall–Kier alpha value is -0.630. The van der Waals surface area contributed by atoms with Crippen LogP contribution in [0.15, 0.2) is 12.2 Å². The Morgan fingerprint density at radius 2 is 2.25 bits per heavy atom. The lowest BCUT2D eigenvalue weighted by molar-refractivity contribution is -0.121. The molecule has 0 aromatic rings. The molecular weight excluding hydrogens is 224 g/mol. The van der Waals surface area contributed by atoms with Crippen molar-refractivity contribution in [1.29, 1.82) is 0 Å². The first-order valence-electron chi connectivity index (χ1n) is 6.01. The van der Waals surface area contributed by atoms with Gasteiger partial charge in [0.25, 0.3) is 0 Å². The van der Waals surface area contributed by atoms with Crippen LogP contribution in [0, 0.1) is 11.8 Å². The van der Waals surface area contributed by atoms with Crippen molar-refractivity contribution in [2.24, 2.45) is 11.8 Å². The number of allylic oxidation sites excluding steroid dienone is 2. The third-order valence-electron chi connectivity index (χ3n) is 3.18. The molecule has 1 rings (SSSR count). The highest BCUT2D eigenvalue weighted by Gasteiger charge is 2.34. The van der Waals surface area contributed by atoms with Gasteiger partial charge >= 0.3 is 0 Å². The van der Waals surface area contributed by atoms with E-state index in [1.807, 2.05) is 0 Å². The van der Waals surface area contributed by atoms with Gasteiger partial charge in [-0.15, -0.1) is 0 Å². The van der Waals surface area contributed by atoms with E-state index < -0.39 is 0 Å². The summed E-state index contributed by atoms with van der Waals surface area (Å²) in [7, 11) is 0. The van der Waals surface area contributed by atoms with Crippen molar-refractivity contribution in [3.63, 3.8) is 0 Å². The summed E-state index contributed by atoms with van der Waals surface area (Å²) in [4.78, 5) is 22.5. The van der Waals surface area contributed by atoms with Gasteiger partial charge < -0.3 is 0 Å². The van der Waals surface area contributed by atoms with Crippen molar-refractivity contribution in [1.82, 2.24) is 0 Å². The second-order valence-electron chi connectivity index (χ2n) is 4.43. The number of hydrogen-bond donors (Lipinski definition) is 0. The second-order valence-corrected chi connectivity index (χ2v) is 4.85. The molecule has 1 aliphatic carbocycles. The van der Waals surface area contributed by atoms with E-state index in [4.69, 9.17) is 11.6 Å². The fourth-order valence-electron chi connectivity index (χ4n) is 2.28. The van der Waals surface area contributed by atoms with E-state index in [1.165, 1.54) is 0 Å².